The molecule has 0 aliphatic heterocycles. The Balaban J connectivity index is 0.000000367. The lowest BCUT2D eigenvalue weighted by molar-refractivity contribution is -0.119. The van der Waals surface area contributed by atoms with Gasteiger partial charge in [0.25, 0.3) is 0 Å². The second-order valence-corrected chi connectivity index (χ2v) is 6.60. The van der Waals surface area contributed by atoms with Crippen molar-refractivity contribution < 1.29 is 9.59 Å². The van der Waals surface area contributed by atoms with Crippen LogP contribution in [0.3, 0.4) is 0 Å². The number of halogens is 2. The number of amides is 3. The van der Waals surface area contributed by atoms with E-state index >= 15 is 0 Å². The van der Waals surface area contributed by atoms with Gasteiger partial charge in [0.15, 0.2) is 0 Å². The second kappa shape index (κ2) is 10.1. The van der Waals surface area contributed by atoms with Crippen molar-refractivity contribution in [1.29, 1.82) is 0 Å². The van der Waals surface area contributed by atoms with Crippen LogP contribution >= 0.6 is 38.9 Å². The highest BCUT2D eigenvalue weighted by Gasteiger charge is 2.19. The summed E-state index contributed by atoms with van der Waals surface area (Å²) >= 11 is 10.3. The highest BCUT2D eigenvalue weighted by Crippen LogP contribution is 2.12. The zero-order valence-electron chi connectivity index (χ0n) is 11.7. The highest BCUT2D eigenvalue weighted by atomic mass is 79.9. The van der Waals surface area contributed by atoms with Crippen LogP contribution in [-0.2, 0) is 11.2 Å². The van der Waals surface area contributed by atoms with Gasteiger partial charge >= 0.3 is 6.03 Å². The molecule has 0 saturated carbocycles. The number of hydrogen-bond donors (Lipinski definition) is 2. The maximum absolute atomic E-state index is 10.9. The summed E-state index contributed by atoms with van der Waals surface area (Å²) in [4.78, 5) is 26.2. The zero-order valence-corrected chi connectivity index (χ0v) is 14.8. The van der Waals surface area contributed by atoms with Crippen LogP contribution in [0.25, 0.3) is 0 Å². The minimum absolute atomic E-state index is 0.134. The first-order chi connectivity index (χ1) is 9.29. The quantitative estimate of drug-likeness (QED) is 0.783. The van der Waals surface area contributed by atoms with Crippen molar-refractivity contribution in [3.05, 3.63) is 16.1 Å². The van der Waals surface area contributed by atoms with Crippen molar-refractivity contribution in [3.63, 3.8) is 0 Å². The van der Waals surface area contributed by atoms with Gasteiger partial charge in [0.1, 0.15) is 0 Å². The van der Waals surface area contributed by atoms with Crippen LogP contribution in [0.5, 0.6) is 0 Å². The lowest BCUT2D eigenvalue weighted by Crippen LogP contribution is -2.41. The standard InChI is InChI=1S/C6H11BrN2O2.C6H8ClNS/c1-3(2)4(7)5(10)9-6(8)11;1-5-6(2-3-7)9-4-8-5/h3-4H,1-2H3,(H3,8,9,10,11);4H,2-3H2,1H3. The van der Waals surface area contributed by atoms with Crippen molar-refractivity contribution >= 4 is 50.8 Å². The zero-order chi connectivity index (χ0) is 15.7. The minimum Gasteiger partial charge on any atom is -0.351 e. The molecule has 0 fully saturated rings. The Hall–Kier alpha value is -0.660. The molecule has 1 aromatic heterocycles. The molecule has 1 rings (SSSR count). The smallest absolute Gasteiger partial charge is 0.318 e. The number of hydrogen-bond acceptors (Lipinski definition) is 4. The molecule has 1 heterocycles. The Morgan fingerprint density at radius 1 is 1.55 bits per heavy atom. The fourth-order valence-corrected chi connectivity index (χ4v) is 2.34. The maximum Gasteiger partial charge on any atom is 0.318 e. The molecule has 1 atom stereocenters. The van der Waals surface area contributed by atoms with Crippen LogP contribution in [0.15, 0.2) is 5.51 Å². The average Bonchev–Trinajstić information content (AvgIpc) is 2.74. The number of thiazole rings is 1. The molecule has 8 heteroatoms. The number of aromatic nitrogens is 1. The van der Waals surface area contributed by atoms with E-state index in [1.54, 1.807) is 11.3 Å². The topological polar surface area (TPSA) is 85.1 Å². The third-order valence-corrected chi connectivity index (χ3v) is 4.91. The van der Waals surface area contributed by atoms with Gasteiger partial charge in [0, 0.05) is 10.8 Å². The number of nitrogens with zero attached hydrogens (tertiary/aromatic N) is 1. The molecule has 1 unspecified atom stereocenters. The van der Waals surface area contributed by atoms with Crippen molar-refractivity contribution in [2.45, 2.75) is 32.0 Å². The van der Waals surface area contributed by atoms with E-state index in [1.807, 2.05) is 31.6 Å². The summed E-state index contributed by atoms with van der Waals surface area (Å²) < 4.78 is 0. The lowest BCUT2D eigenvalue weighted by Gasteiger charge is -2.11. The molecule has 20 heavy (non-hydrogen) atoms. The molecule has 5 nitrogen and oxygen atoms in total. The van der Waals surface area contributed by atoms with E-state index in [4.69, 9.17) is 17.3 Å². The SMILES string of the molecule is CC(C)C(Br)C(=O)NC(N)=O.Cc1ncsc1CCCl. The normalized spacial score (nSPS) is 11.5. The Bertz CT molecular complexity index is 440. The Kier molecular flexibility index (Phi) is 9.79. The molecule has 0 radical (unpaired) electrons. The summed E-state index contributed by atoms with van der Waals surface area (Å²) in [5.74, 6) is 0.435. The monoisotopic (exact) mass is 383 g/mol. The van der Waals surface area contributed by atoms with Crippen molar-refractivity contribution in [1.82, 2.24) is 10.3 Å². The fourth-order valence-electron chi connectivity index (χ4n) is 1.15. The first-order valence-electron chi connectivity index (χ1n) is 5.98. The van der Waals surface area contributed by atoms with Crippen LogP contribution in [0, 0.1) is 12.8 Å². The molecule has 0 aliphatic carbocycles. The largest absolute Gasteiger partial charge is 0.351 e. The number of nitrogens with two attached hydrogens (primary N) is 1. The molecule has 0 saturated heterocycles. The van der Waals surface area contributed by atoms with Crippen LogP contribution in [-0.4, -0.2) is 27.6 Å². The third kappa shape index (κ3) is 7.81. The number of rotatable bonds is 4. The molecule has 114 valence electrons. The maximum atomic E-state index is 10.9. The number of aryl methyl sites for hydroxylation is 2. The number of primary amides is 1. The summed E-state index contributed by atoms with van der Waals surface area (Å²) in [7, 11) is 0. The van der Waals surface area contributed by atoms with E-state index in [0.717, 1.165) is 12.1 Å². The summed E-state index contributed by atoms with van der Waals surface area (Å²) in [6, 6.07) is -0.819. The first kappa shape index (κ1) is 19.3. The van der Waals surface area contributed by atoms with Gasteiger partial charge in [-0.25, -0.2) is 9.78 Å². The lowest BCUT2D eigenvalue weighted by atomic mass is 10.1. The van der Waals surface area contributed by atoms with Gasteiger partial charge in [-0.2, -0.15) is 0 Å². The summed E-state index contributed by atoms with van der Waals surface area (Å²) in [6.07, 6.45) is 0.956. The average molecular weight is 385 g/mol. The Morgan fingerprint density at radius 3 is 2.50 bits per heavy atom. The first-order valence-corrected chi connectivity index (χ1v) is 8.31. The molecule has 3 N–H and O–H groups in total. The molecule has 0 aliphatic rings. The molecule has 1 aromatic rings. The minimum atomic E-state index is -0.819. The molecule has 0 spiro atoms. The number of nitrogens with one attached hydrogen (secondary N) is 1. The third-order valence-electron chi connectivity index (χ3n) is 2.25. The van der Waals surface area contributed by atoms with E-state index in [-0.39, 0.29) is 10.7 Å². The molecular formula is C12H19BrClN3O2S. The van der Waals surface area contributed by atoms with E-state index in [9.17, 15) is 9.59 Å². The summed E-state index contributed by atoms with van der Waals surface area (Å²) in [6.45, 7) is 5.73. The predicted octanol–water partition coefficient (Wildman–Crippen LogP) is 2.83. The number of carbonyl (C=O) groups excluding carboxylic acids is 2. The van der Waals surface area contributed by atoms with Gasteiger partial charge < -0.3 is 5.73 Å². The fraction of sp³-hybridized carbons (Fsp3) is 0.583. The van der Waals surface area contributed by atoms with Crippen LogP contribution in [0.2, 0.25) is 0 Å². The van der Waals surface area contributed by atoms with Crippen LogP contribution < -0.4 is 11.1 Å². The summed E-state index contributed by atoms with van der Waals surface area (Å²) in [5, 5.41) is 1.98. The molecule has 0 aromatic carbocycles. The number of carbonyl (C=O) groups is 2. The van der Waals surface area contributed by atoms with Crippen molar-refractivity contribution in [2.24, 2.45) is 11.7 Å². The number of urea groups is 1. The van der Waals surface area contributed by atoms with Gasteiger partial charge in [-0.1, -0.05) is 29.8 Å². The van der Waals surface area contributed by atoms with Crippen molar-refractivity contribution in [3.8, 4) is 0 Å². The second-order valence-electron chi connectivity index (χ2n) is 4.30. The van der Waals surface area contributed by atoms with Gasteiger partial charge in [-0.3, -0.25) is 10.1 Å². The van der Waals surface area contributed by atoms with Gasteiger partial charge in [-0.15, -0.1) is 22.9 Å². The molecule has 3 amide bonds. The molecule has 0 bridgehead atoms. The Labute approximate surface area is 136 Å². The number of imide groups is 1. The predicted molar refractivity (Wildman–Crippen MR) is 86.6 cm³/mol. The van der Waals surface area contributed by atoms with Crippen LogP contribution in [0.4, 0.5) is 4.79 Å². The van der Waals surface area contributed by atoms with E-state index < -0.39 is 11.9 Å². The van der Waals surface area contributed by atoms with Crippen molar-refractivity contribution in [2.75, 3.05) is 5.88 Å². The van der Waals surface area contributed by atoms with E-state index in [1.165, 1.54) is 4.88 Å². The Morgan fingerprint density at radius 2 is 2.15 bits per heavy atom. The van der Waals surface area contributed by atoms with E-state index in [0.29, 0.717) is 5.88 Å². The van der Waals surface area contributed by atoms with E-state index in [2.05, 4.69) is 20.9 Å². The van der Waals surface area contributed by atoms with Crippen LogP contribution in [0.1, 0.15) is 24.4 Å². The number of alkyl halides is 2. The van der Waals surface area contributed by atoms with Gasteiger partial charge in [0.05, 0.1) is 16.0 Å². The van der Waals surface area contributed by atoms with Gasteiger partial charge in [0.2, 0.25) is 5.91 Å². The highest BCUT2D eigenvalue weighted by molar-refractivity contribution is 9.10. The summed E-state index contributed by atoms with van der Waals surface area (Å²) in [5.41, 5.74) is 7.72. The molecular weight excluding hydrogens is 366 g/mol. The van der Waals surface area contributed by atoms with Gasteiger partial charge in [-0.05, 0) is 19.3 Å².